The Bertz CT molecular complexity index is 609. The summed E-state index contributed by atoms with van der Waals surface area (Å²) in [6.07, 6.45) is 3.40. The molecule has 0 amide bonds. The highest BCUT2D eigenvalue weighted by Gasteiger charge is 2.22. The SMILES string of the molecule is COc1cc([N+](=[N-])S(=O)(=O)O)ccc1N1CCCCC1. The lowest BCUT2D eigenvalue weighted by molar-refractivity contribution is -0.298. The minimum atomic E-state index is -4.70. The molecule has 2 rings (SSSR count). The Morgan fingerprint density at radius 3 is 2.50 bits per heavy atom. The van der Waals surface area contributed by atoms with Gasteiger partial charge in [-0.3, -0.25) is 0 Å². The molecular formula is C12H17N3O4S. The van der Waals surface area contributed by atoms with Gasteiger partial charge in [-0.15, -0.1) is 12.5 Å². The molecule has 1 N–H and O–H groups in total. The molecule has 8 heteroatoms. The third-order valence-corrected chi connectivity index (χ3v) is 3.95. The van der Waals surface area contributed by atoms with E-state index < -0.39 is 10.3 Å². The summed E-state index contributed by atoms with van der Waals surface area (Å²) in [6, 6.07) is 4.46. The van der Waals surface area contributed by atoms with E-state index >= 15 is 0 Å². The second kappa shape index (κ2) is 5.76. The van der Waals surface area contributed by atoms with Crippen LogP contribution in [0.5, 0.6) is 5.75 Å². The van der Waals surface area contributed by atoms with E-state index in [0.29, 0.717) is 5.75 Å². The standard InChI is InChI=1S/C12H17N3O4S/c1-19-12-9-10(15(13)20(16,17)18)5-6-11(12)14-7-3-2-4-8-14/h5-6,9H,2-4,7-8H2,1H3,(H,16,17,18). The van der Waals surface area contributed by atoms with Crippen LogP contribution < -0.4 is 9.64 Å². The number of benzene rings is 1. The molecule has 110 valence electrons. The molecule has 0 aromatic heterocycles. The normalized spacial score (nSPS) is 16.0. The fourth-order valence-electron chi connectivity index (χ4n) is 2.31. The van der Waals surface area contributed by atoms with Crippen molar-refractivity contribution in [2.75, 3.05) is 25.1 Å². The van der Waals surface area contributed by atoms with Crippen molar-refractivity contribution in [3.8, 4) is 5.75 Å². The van der Waals surface area contributed by atoms with E-state index in [1.54, 1.807) is 6.07 Å². The van der Waals surface area contributed by atoms with Gasteiger partial charge in [0.05, 0.1) is 18.9 Å². The molecule has 0 spiro atoms. The first-order valence-corrected chi connectivity index (χ1v) is 7.73. The summed E-state index contributed by atoms with van der Waals surface area (Å²) in [6.45, 7) is 1.83. The van der Waals surface area contributed by atoms with Crippen LogP contribution in [0.3, 0.4) is 0 Å². The van der Waals surface area contributed by atoms with Crippen LogP contribution in [0.25, 0.3) is 5.53 Å². The van der Waals surface area contributed by atoms with E-state index in [0.717, 1.165) is 31.6 Å². The lowest BCUT2D eigenvalue weighted by atomic mass is 10.1. The van der Waals surface area contributed by atoms with Gasteiger partial charge in [-0.1, -0.05) is 0 Å². The molecule has 0 unspecified atom stereocenters. The first kappa shape index (κ1) is 14.7. The van der Waals surface area contributed by atoms with Gasteiger partial charge >= 0.3 is 10.3 Å². The molecule has 1 fully saturated rings. The van der Waals surface area contributed by atoms with Crippen LogP contribution in [0.1, 0.15) is 19.3 Å². The van der Waals surface area contributed by atoms with Gasteiger partial charge in [0, 0.05) is 19.2 Å². The van der Waals surface area contributed by atoms with Gasteiger partial charge in [0.1, 0.15) is 5.75 Å². The van der Waals surface area contributed by atoms with E-state index in [4.69, 9.17) is 9.29 Å². The molecule has 7 nitrogen and oxygen atoms in total. The van der Waals surface area contributed by atoms with E-state index in [1.807, 2.05) is 0 Å². The molecular weight excluding hydrogens is 282 g/mol. The van der Waals surface area contributed by atoms with Gasteiger partial charge in [-0.05, 0) is 25.3 Å². The third kappa shape index (κ3) is 3.07. The largest absolute Gasteiger partial charge is 0.501 e. The van der Waals surface area contributed by atoms with Crippen LogP contribution in [-0.2, 0) is 10.3 Å². The Hall–Kier alpha value is -1.67. The highest BCUT2D eigenvalue weighted by Crippen LogP contribution is 2.34. The van der Waals surface area contributed by atoms with Crippen molar-refractivity contribution in [1.82, 2.24) is 0 Å². The molecule has 20 heavy (non-hydrogen) atoms. The number of methoxy groups -OCH3 is 1. The van der Waals surface area contributed by atoms with E-state index in [1.165, 1.54) is 25.7 Å². The molecule has 1 heterocycles. The quantitative estimate of drug-likeness (QED) is 0.522. The maximum absolute atomic E-state index is 10.9. The van der Waals surface area contributed by atoms with Gasteiger partial charge in [-0.25, -0.2) is 4.55 Å². The zero-order chi connectivity index (χ0) is 14.8. The van der Waals surface area contributed by atoms with Crippen molar-refractivity contribution in [1.29, 1.82) is 0 Å². The van der Waals surface area contributed by atoms with Crippen LogP contribution >= 0.6 is 0 Å². The smallest absolute Gasteiger partial charge is 0.494 e. The second-order valence-electron chi connectivity index (χ2n) is 4.62. The summed E-state index contributed by atoms with van der Waals surface area (Å²) in [5.74, 6) is 0.451. The molecule has 1 aromatic rings. The van der Waals surface area contributed by atoms with E-state index in [-0.39, 0.29) is 9.79 Å². The summed E-state index contributed by atoms with van der Waals surface area (Å²) in [5.41, 5.74) is 10.2. The van der Waals surface area contributed by atoms with Crippen LogP contribution in [0.15, 0.2) is 18.2 Å². The highest BCUT2D eigenvalue weighted by molar-refractivity contribution is 7.79. The zero-order valence-corrected chi connectivity index (χ0v) is 12.0. The van der Waals surface area contributed by atoms with Gasteiger partial charge in [0.25, 0.3) is 0 Å². The molecule has 1 aliphatic heterocycles. The maximum Gasteiger partial charge on any atom is 0.501 e. The first-order valence-electron chi connectivity index (χ1n) is 6.33. The molecule has 1 aliphatic rings. The average Bonchev–Trinajstić information content (AvgIpc) is 2.45. The minimum absolute atomic E-state index is 0.0786. The maximum atomic E-state index is 10.9. The number of anilines is 1. The Balaban J connectivity index is 2.35. The fraction of sp³-hybridized carbons (Fsp3) is 0.500. The van der Waals surface area contributed by atoms with E-state index in [9.17, 15) is 13.9 Å². The van der Waals surface area contributed by atoms with Crippen molar-refractivity contribution in [2.24, 2.45) is 0 Å². The number of rotatable bonds is 4. The van der Waals surface area contributed by atoms with Crippen molar-refractivity contribution in [3.05, 3.63) is 23.7 Å². The Morgan fingerprint density at radius 2 is 1.95 bits per heavy atom. The van der Waals surface area contributed by atoms with Crippen LogP contribution in [0.2, 0.25) is 0 Å². The van der Waals surface area contributed by atoms with Crippen molar-refractivity contribution in [3.63, 3.8) is 0 Å². The van der Waals surface area contributed by atoms with Crippen molar-refractivity contribution >= 4 is 21.7 Å². The zero-order valence-electron chi connectivity index (χ0n) is 11.2. The minimum Gasteiger partial charge on any atom is -0.494 e. The lowest BCUT2D eigenvalue weighted by Crippen LogP contribution is -2.29. The van der Waals surface area contributed by atoms with Crippen LogP contribution in [0.4, 0.5) is 11.4 Å². The van der Waals surface area contributed by atoms with Crippen LogP contribution in [-0.4, -0.2) is 37.3 Å². The summed E-state index contributed by atoms with van der Waals surface area (Å²) in [7, 11) is -3.22. The molecule has 1 saturated heterocycles. The summed E-state index contributed by atoms with van der Waals surface area (Å²) < 4.78 is 35.7. The van der Waals surface area contributed by atoms with Crippen LogP contribution in [0, 0.1) is 0 Å². The van der Waals surface area contributed by atoms with Gasteiger partial charge in [-0.2, -0.15) is 0 Å². The topological polar surface area (TPSA) is 92.2 Å². The fourth-order valence-corrected chi connectivity index (χ4v) is 2.69. The lowest BCUT2D eigenvalue weighted by Gasteiger charge is -2.29. The Labute approximate surface area is 118 Å². The Morgan fingerprint density at radius 1 is 1.30 bits per heavy atom. The molecule has 0 bridgehead atoms. The number of nitrogens with zero attached hydrogens (tertiary/aromatic N) is 3. The number of hydrogen-bond acceptors (Lipinski definition) is 4. The molecule has 0 atom stereocenters. The molecule has 0 saturated carbocycles. The van der Waals surface area contributed by atoms with Crippen molar-refractivity contribution < 1.29 is 21.8 Å². The van der Waals surface area contributed by atoms with Gasteiger partial charge in [0.15, 0.2) is 0 Å². The van der Waals surface area contributed by atoms with Gasteiger partial charge < -0.3 is 15.2 Å². The Kier molecular flexibility index (Phi) is 4.24. The summed E-state index contributed by atoms with van der Waals surface area (Å²) >= 11 is 0. The monoisotopic (exact) mass is 299 g/mol. The highest BCUT2D eigenvalue weighted by atomic mass is 32.2. The molecule has 1 aromatic carbocycles. The predicted molar refractivity (Wildman–Crippen MR) is 73.9 cm³/mol. The second-order valence-corrected chi connectivity index (χ2v) is 5.87. The third-order valence-electron chi connectivity index (χ3n) is 3.30. The summed E-state index contributed by atoms with van der Waals surface area (Å²) in [4.78, 5) is 2.15. The first-order chi connectivity index (χ1) is 9.43. The predicted octanol–water partition coefficient (Wildman–Crippen LogP) is 2.15. The number of piperidine rings is 1. The molecule has 0 aliphatic carbocycles. The van der Waals surface area contributed by atoms with Gasteiger partial charge in [0.2, 0.25) is 5.69 Å². The average molecular weight is 299 g/mol. The number of hydrogen-bond donors (Lipinski definition) is 1. The molecule has 0 radical (unpaired) electrons. The van der Waals surface area contributed by atoms with E-state index in [2.05, 4.69) is 4.90 Å². The summed E-state index contributed by atoms with van der Waals surface area (Å²) in [5, 5.41) is 0. The van der Waals surface area contributed by atoms with Crippen molar-refractivity contribution in [2.45, 2.75) is 19.3 Å². The number of ether oxygens (including phenoxy) is 1.